The van der Waals surface area contributed by atoms with E-state index in [9.17, 15) is 19.2 Å². The zero-order valence-electron chi connectivity index (χ0n) is 12.5. The van der Waals surface area contributed by atoms with Crippen LogP contribution in [0.25, 0.3) is 0 Å². The van der Waals surface area contributed by atoms with Crippen molar-refractivity contribution < 1.29 is 19.5 Å². The minimum atomic E-state index is -1.24. The van der Waals surface area contributed by atoms with Gasteiger partial charge in [0.05, 0.1) is 10.9 Å². The van der Waals surface area contributed by atoms with Crippen LogP contribution in [0.3, 0.4) is 0 Å². The number of imide groups is 1. The summed E-state index contributed by atoms with van der Waals surface area (Å²) < 4.78 is 0. The summed E-state index contributed by atoms with van der Waals surface area (Å²) in [7, 11) is 0. The first kappa shape index (κ1) is 16.0. The molecule has 1 saturated heterocycles. The maximum Gasteiger partial charge on any atom is 0.323 e. The highest BCUT2D eigenvalue weighted by atomic mass is 32.2. The van der Waals surface area contributed by atoms with Gasteiger partial charge in [0.15, 0.2) is 0 Å². The van der Waals surface area contributed by atoms with Crippen molar-refractivity contribution in [3.05, 3.63) is 44.6 Å². The highest BCUT2D eigenvalue weighted by Crippen LogP contribution is 2.52. The molecule has 128 valence electrons. The van der Waals surface area contributed by atoms with Gasteiger partial charge in [-0.05, 0) is 11.6 Å². The zero-order chi connectivity index (χ0) is 17.7. The van der Waals surface area contributed by atoms with E-state index in [0.717, 1.165) is 28.0 Å². The summed E-state index contributed by atoms with van der Waals surface area (Å²) in [4.78, 5) is 56.2. The van der Waals surface area contributed by atoms with Gasteiger partial charge in [0.25, 0.3) is 0 Å². The van der Waals surface area contributed by atoms with Crippen LogP contribution in [-0.2, 0) is 14.4 Å². The van der Waals surface area contributed by atoms with Crippen molar-refractivity contribution >= 4 is 40.9 Å². The van der Waals surface area contributed by atoms with E-state index in [1.54, 1.807) is 24.5 Å². The number of amides is 2. The van der Waals surface area contributed by atoms with Crippen LogP contribution in [0.1, 0.15) is 16.4 Å². The lowest BCUT2D eigenvalue weighted by Crippen LogP contribution is -2.36. The third-order valence-corrected chi connectivity index (χ3v) is 6.65. The predicted octanol–water partition coefficient (Wildman–Crippen LogP) is 0.507. The van der Waals surface area contributed by atoms with Gasteiger partial charge in [-0.1, -0.05) is 29.2 Å². The Labute approximate surface area is 148 Å². The molecule has 2 aromatic rings. The van der Waals surface area contributed by atoms with Gasteiger partial charge in [-0.15, -0.1) is 0 Å². The first-order chi connectivity index (χ1) is 12.0. The predicted molar refractivity (Wildman–Crippen MR) is 88.5 cm³/mol. The second-order valence-electron chi connectivity index (χ2n) is 5.69. The molecule has 1 fully saturated rings. The molecule has 25 heavy (non-hydrogen) atoms. The third-order valence-electron chi connectivity index (χ3n) is 4.25. The summed E-state index contributed by atoms with van der Waals surface area (Å²) in [5, 5.41) is 8.79. The average Bonchev–Trinajstić information content (AvgIpc) is 3.06. The van der Waals surface area contributed by atoms with Crippen LogP contribution >= 0.6 is 23.1 Å². The minimum Gasteiger partial charge on any atom is -0.480 e. The lowest BCUT2D eigenvalue weighted by atomic mass is 9.84. The molecule has 2 aliphatic heterocycles. The topological polar surface area (TPSA) is 120 Å². The number of aromatic nitrogens is 2. The largest absolute Gasteiger partial charge is 0.480 e. The number of carbonyl (C=O) groups excluding carboxylic acids is 2. The number of hydrogen-bond acceptors (Lipinski definition) is 7. The van der Waals surface area contributed by atoms with Gasteiger partial charge in [0.1, 0.15) is 11.8 Å². The van der Waals surface area contributed by atoms with Crippen LogP contribution in [0.15, 0.2) is 34.3 Å². The molecule has 2 amide bonds. The van der Waals surface area contributed by atoms with Crippen LogP contribution in [0, 0.1) is 5.92 Å². The zero-order valence-corrected chi connectivity index (χ0v) is 14.2. The average molecular weight is 377 g/mol. The molecule has 3 atom stereocenters. The number of rotatable bonds is 3. The molecule has 2 N–H and O–H groups in total. The minimum absolute atomic E-state index is 0.256. The number of aliphatic carboxylic acids is 1. The Morgan fingerprint density at radius 1 is 1.32 bits per heavy atom. The van der Waals surface area contributed by atoms with Gasteiger partial charge in [-0.3, -0.25) is 29.1 Å². The second-order valence-corrected chi connectivity index (χ2v) is 7.86. The molecule has 0 radical (unpaired) electrons. The van der Waals surface area contributed by atoms with E-state index in [1.807, 2.05) is 0 Å². The molecule has 2 aliphatic rings. The smallest absolute Gasteiger partial charge is 0.323 e. The lowest BCUT2D eigenvalue weighted by molar-refractivity contribution is -0.149. The van der Waals surface area contributed by atoms with Crippen molar-refractivity contribution in [1.82, 2.24) is 14.9 Å². The number of likely N-dealkylation sites (tertiary alicyclic amines) is 1. The summed E-state index contributed by atoms with van der Waals surface area (Å²) in [6.07, 6.45) is 3.20. The van der Waals surface area contributed by atoms with Crippen LogP contribution in [-0.4, -0.2) is 49.6 Å². The maximum atomic E-state index is 12.8. The molecule has 10 heteroatoms. The Hall–Kier alpha value is -2.46. The third kappa shape index (κ3) is 2.48. The molecule has 4 heterocycles. The number of pyridine rings is 1. The van der Waals surface area contributed by atoms with Crippen molar-refractivity contribution in [3.63, 3.8) is 0 Å². The van der Waals surface area contributed by atoms with Crippen LogP contribution < -0.4 is 4.87 Å². The molecule has 8 nitrogen and oxygen atoms in total. The summed E-state index contributed by atoms with van der Waals surface area (Å²) in [6, 6.07) is 3.51. The van der Waals surface area contributed by atoms with Crippen molar-refractivity contribution in [1.29, 1.82) is 0 Å². The number of fused-ring (bicyclic) bond motifs is 2. The van der Waals surface area contributed by atoms with Gasteiger partial charge in [-0.25, -0.2) is 0 Å². The lowest BCUT2D eigenvalue weighted by Gasteiger charge is -2.29. The van der Waals surface area contributed by atoms with Gasteiger partial charge >= 0.3 is 10.8 Å². The highest BCUT2D eigenvalue weighted by Gasteiger charge is 2.56. The quantitative estimate of drug-likeness (QED) is 0.748. The van der Waals surface area contributed by atoms with Crippen molar-refractivity contribution in [2.75, 3.05) is 6.54 Å². The van der Waals surface area contributed by atoms with E-state index < -0.39 is 41.4 Å². The number of H-pyrrole nitrogens is 1. The first-order valence-electron chi connectivity index (χ1n) is 7.34. The number of thioether (sulfide) groups is 1. The Bertz CT molecular complexity index is 938. The van der Waals surface area contributed by atoms with Crippen LogP contribution in [0.2, 0.25) is 0 Å². The molecule has 0 spiro atoms. The summed E-state index contributed by atoms with van der Waals surface area (Å²) in [6.45, 7) is -0.658. The van der Waals surface area contributed by atoms with Gasteiger partial charge in [0.2, 0.25) is 11.8 Å². The van der Waals surface area contributed by atoms with Crippen LogP contribution in [0.4, 0.5) is 0 Å². The highest BCUT2D eigenvalue weighted by molar-refractivity contribution is 8.00. The molecule has 0 aromatic carbocycles. The molecule has 4 rings (SSSR count). The summed E-state index contributed by atoms with van der Waals surface area (Å²) >= 11 is 2.12. The number of carbonyl (C=O) groups is 3. The van der Waals surface area contributed by atoms with E-state index in [-0.39, 0.29) is 4.87 Å². The number of aromatic amines is 1. The monoisotopic (exact) mass is 377 g/mol. The van der Waals surface area contributed by atoms with E-state index in [1.165, 1.54) is 0 Å². The van der Waals surface area contributed by atoms with Gasteiger partial charge in [0, 0.05) is 23.2 Å². The Balaban J connectivity index is 1.85. The molecule has 0 bridgehead atoms. The fourth-order valence-corrected chi connectivity index (χ4v) is 5.82. The summed E-state index contributed by atoms with van der Waals surface area (Å²) in [5.41, 5.74) is 0.715. The second kappa shape index (κ2) is 5.81. The fourth-order valence-electron chi connectivity index (χ4n) is 3.28. The summed E-state index contributed by atoms with van der Waals surface area (Å²) in [5.74, 6) is -3.56. The Kier molecular flexibility index (Phi) is 3.73. The number of nitrogens with zero attached hydrogens (tertiary/aromatic N) is 2. The van der Waals surface area contributed by atoms with Gasteiger partial charge in [-0.2, -0.15) is 0 Å². The Morgan fingerprint density at radius 3 is 2.80 bits per heavy atom. The van der Waals surface area contributed by atoms with Crippen molar-refractivity contribution in [3.8, 4) is 0 Å². The van der Waals surface area contributed by atoms with E-state index in [4.69, 9.17) is 5.11 Å². The molecule has 2 unspecified atom stereocenters. The molecular formula is C15H11N3O5S2. The molecule has 0 aliphatic carbocycles. The maximum absolute atomic E-state index is 12.8. The number of carboxylic acids is 1. The number of thiazole rings is 1. The first-order valence-corrected chi connectivity index (χ1v) is 9.03. The fraction of sp³-hybridized carbons (Fsp3) is 0.267. The van der Waals surface area contributed by atoms with Crippen molar-refractivity contribution in [2.24, 2.45) is 5.92 Å². The number of hydrogen-bond donors (Lipinski definition) is 2. The SMILES string of the molecule is O=C(O)CN1C(=O)C2Sc3[nH]c(=O)sc3[C@H](c3cccnc3)C2C1=O. The standard InChI is InChI=1S/C15H11N3O5S2/c19-7(20)5-18-13(21)9-8(6-2-1-3-16-4-6)10-12(17-15(23)25-10)24-11(9)14(18)22/h1-4,8-9,11H,5H2,(H,17,23)(H,19,20)/t8-,9?,11?/m1/s1. The molecule has 0 saturated carbocycles. The van der Waals surface area contributed by atoms with E-state index >= 15 is 0 Å². The number of nitrogens with one attached hydrogen (secondary N) is 1. The Morgan fingerprint density at radius 2 is 2.12 bits per heavy atom. The van der Waals surface area contributed by atoms with Gasteiger partial charge < -0.3 is 10.1 Å². The van der Waals surface area contributed by atoms with E-state index in [0.29, 0.717) is 15.5 Å². The van der Waals surface area contributed by atoms with E-state index in [2.05, 4.69) is 9.97 Å². The number of carboxylic acid groups (broad SMARTS) is 1. The van der Waals surface area contributed by atoms with Crippen LogP contribution in [0.5, 0.6) is 0 Å². The molecular weight excluding hydrogens is 366 g/mol. The van der Waals surface area contributed by atoms with Crippen molar-refractivity contribution in [2.45, 2.75) is 16.2 Å². The molecule has 2 aromatic heterocycles. The normalized spacial score (nSPS) is 25.0.